The number of amides is 1. The summed E-state index contributed by atoms with van der Waals surface area (Å²) in [5.41, 5.74) is 2.59. The summed E-state index contributed by atoms with van der Waals surface area (Å²) in [5.74, 6) is 1.35. The average Bonchev–Trinajstić information content (AvgIpc) is 3.09. The molecule has 21 heavy (non-hydrogen) atoms. The molecule has 0 bridgehead atoms. The average molecular weight is 284 g/mol. The molecule has 2 aliphatic rings. The zero-order valence-corrected chi connectivity index (χ0v) is 11.8. The molecule has 108 valence electrons. The maximum absolute atomic E-state index is 12.7. The number of hydrogen-bond donors (Lipinski definition) is 1. The van der Waals surface area contributed by atoms with E-state index in [1.165, 1.54) is 6.33 Å². The lowest BCUT2D eigenvalue weighted by molar-refractivity contribution is 0.0751. The number of hydrogen-bond acceptors (Lipinski definition) is 5. The minimum atomic E-state index is -0.00342. The van der Waals surface area contributed by atoms with Crippen LogP contribution in [0.2, 0.25) is 0 Å². The Hall–Kier alpha value is -2.44. The van der Waals surface area contributed by atoms with Gasteiger partial charge in [-0.3, -0.25) is 4.79 Å². The monoisotopic (exact) mass is 284 g/mol. The number of rotatable bonds is 1. The summed E-state index contributed by atoms with van der Waals surface area (Å²) < 4.78 is 1.88. The number of nitrogens with zero attached hydrogens (tertiary/aromatic N) is 5. The minimum Gasteiger partial charge on any atom is -0.369 e. The van der Waals surface area contributed by atoms with Crippen molar-refractivity contribution in [3.05, 3.63) is 35.5 Å². The fourth-order valence-electron chi connectivity index (χ4n) is 2.91. The van der Waals surface area contributed by atoms with E-state index in [0.29, 0.717) is 24.6 Å². The van der Waals surface area contributed by atoms with Crippen LogP contribution in [0.1, 0.15) is 28.5 Å². The minimum absolute atomic E-state index is 0.00342. The molecule has 2 aromatic heterocycles. The van der Waals surface area contributed by atoms with Gasteiger partial charge in [-0.1, -0.05) is 6.92 Å². The van der Waals surface area contributed by atoms with Crippen LogP contribution < -0.4 is 5.32 Å². The fourth-order valence-corrected chi connectivity index (χ4v) is 2.91. The van der Waals surface area contributed by atoms with Gasteiger partial charge >= 0.3 is 0 Å². The van der Waals surface area contributed by atoms with Gasteiger partial charge in [-0.15, -0.1) is 0 Å². The highest BCUT2D eigenvalue weighted by Gasteiger charge is 2.30. The molecule has 1 amide bonds. The second-order valence-corrected chi connectivity index (χ2v) is 5.73. The molecule has 1 atom stereocenters. The summed E-state index contributed by atoms with van der Waals surface area (Å²) in [7, 11) is 0. The number of anilines is 1. The molecule has 2 aromatic rings. The zero-order chi connectivity index (χ0) is 14.4. The van der Waals surface area contributed by atoms with Crippen molar-refractivity contribution < 1.29 is 4.79 Å². The van der Waals surface area contributed by atoms with Crippen LogP contribution in [-0.4, -0.2) is 37.1 Å². The predicted molar refractivity (Wildman–Crippen MR) is 75.5 cm³/mol. The molecule has 7 heteroatoms. The molecule has 0 saturated heterocycles. The SMILES string of the molecule is CC1CNc2c(C(=O)N3Cc4cncnc4C3)cnn2C1. The molecule has 0 aromatic carbocycles. The molecule has 2 aliphatic heterocycles. The van der Waals surface area contributed by atoms with Crippen molar-refractivity contribution in [2.24, 2.45) is 5.92 Å². The van der Waals surface area contributed by atoms with Crippen LogP contribution in [0.4, 0.5) is 5.82 Å². The summed E-state index contributed by atoms with van der Waals surface area (Å²) in [6.45, 7) is 4.99. The van der Waals surface area contributed by atoms with Crippen LogP contribution in [0.3, 0.4) is 0 Å². The molecular weight excluding hydrogens is 268 g/mol. The Morgan fingerprint density at radius 2 is 2.29 bits per heavy atom. The molecule has 1 unspecified atom stereocenters. The van der Waals surface area contributed by atoms with E-state index in [1.807, 2.05) is 4.68 Å². The summed E-state index contributed by atoms with van der Waals surface area (Å²) in [6, 6.07) is 0. The van der Waals surface area contributed by atoms with Gasteiger partial charge in [0.1, 0.15) is 17.7 Å². The molecule has 4 heterocycles. The van der Waals surface area contributed by atoms with Crippen molar-refractivity contribution in [1.29, 1.82) is 0 Å². The second-order valence-electron chi connectivity index (χ2n) is 5.73. The van der Waals surface area contributed by atoms with E-state index in [1.54, 1.807) is 17.3 Å². The zero-order valence-electron chi connectivity index (χ0n) is 11.8. The Labute approximate surface area is 122 Å². The van der Waals surface area contributed by atoms with Crippen molar-refractivity contribution in [1.82, 2.24) is 24.6 Å². The molecular formula is C14H16N6O. The lowest BCUT2D eigenvalue weighted by Crippen LogP contribution is -2.29. The van der Waals surface area contributed by atoms with Crippen LogP contribution in [0.25, 0.3) is 0 Å². The first-order valence-corrected chi connectivity index (χ1v) is 7.09. The first-order chi connectivity index (χ1) is 10.2. The van der Waals surface area contributed by atoms with Crippen LogP contribution >= 0.6 is 0 Å². The predicted octanol–water partition coefficient (Wildman–Crippen LogP) is 0.891. The first kappa shape index (κ1) is 12.3. The Bertz CT molecular complexity index is 684. The van der Waals surface area contributed by atoms with Gasteiger partial charge in [0.25, 0.3) is 5.91 Å². The van der Waals surface area contributed by atoms with E-state index in [-0.39, 0.29) is 5.91 Å². The molecule has 0 fully saturated rings. The van der Waals surface area contributed by atoms with Crippen molar-refractivity contribution >= 4 is 11.7 Å². The number of fused-ring (bicyclic) bond motifs is 2. The summed E-state index contributed by atoms with van der Waals surface area (Å²) in [5, 5.41) is 7.64. The third-order valence-corrected chi connectivity index (χ3v) is 4.04. The molecule has 4 rings (SSSR count). The quantitative estimate of drug-likeness (QED) is 0.841. The summed E-state index contributed by atoms with van der Waals surface area (Å²) in [4.78, 5) is 22.7. The number of aromatic nitrogens is 4. The van der Waals surface area contributed by atoms with Gasteiger partial charge in [-0.25, -0.2) is 14.6 Å². The fraction of sp³-hybridized carbons (Fsp3) is 0.429. The first-order valence-electron chi connectivity index (χ1n) is 7.09. The Morgan fingerprint density at radius 1 is 1.38 bits per heavy atom. The highest BCUT2D eigenvalue weighted by atomic mass is 16.2. The Morgan fingerprint density at radius 3 is 3.14 bits per heavy atom. The van der Waals surface area contributed by atoms with E-state index in [2.05, 4.69) is 27.3 Å². The van der Waals surface area contributed by atoms with E-state index < -0.39 is 0 Å². The largest absolute Gasteiger partial charge is 0.369 e. The Kier molecular flexibility index (Phi) is 2.66. The van der Waals surface area contributed by atoms with E-state index in [9.17, 15) is 4.79 Å². The van der Waals surface area contributed by atoms with Crippen LogP contribution in [0, 0.1) is 5.92 Å². The molecule has 0 saturated carbocycles. The standard InChI is InChI=1S/C14H16N6O/c1-9-2-16-13-11(4-18-20(13)5-9)14(21)19-6-10-3-15-8-17-12(10)7-19/h3-4,8-9,16H,2,5-7H2,1H3. The van der Waals surface area contributed by atoms with Crippen molar-refractivity contribution in [3.8, 4) is 0 Å². The third kappa shape index (κ3) is 1.96. The molecule has 1 N–H and O–H groups in total. The van der Waals surface area contributed by atoms with Gasteiger partial charge in [0.2, 0.25) is 0 Å². The lowest BCUT2D eigenvalue weighted by Gasteiger charge is -2.23. The molecule has 0 spiro atoms. The highest BCUT2D eigenvalue weighted by molar-refractivity contribution is 5.99. The van der Waals surface area contributed by atoms with Crippen molar-refractivity contribution in [2.75, 3.05) is 11.9 Å². The smallest absolute Gasteiger partial charge is 0.259 e. The summed E-state index contributed by atoms with van der Waals surface area (Å²) in [6.07, 6.45) is 4.97. The number of carbonyl (C=O) groups excluding carboxylic acids is 1. The molecule has 7 nitrogen and oxygen atoms in total. The van der Waals surface area contributed by atoms with E-state index in [4.69, 9.17) is 0 Å². The maximum Gasteiger partial charge on any atom is 0.259 e. The van der Waals surface area contributed by atoms with E-state index in [0.717, 1.165) is 30.2 Å². The highest BCUT2D eigenvalue weighted by Crippen LogP contribution is 2.26. The normalized spacial score (nSPS) is 19.9. The lowest BCUT2D eigenvalue weighted by atomic mass is 10.1. The van der Waals surface area contributed by atoms with Crippen molar-refractivity contribution in [3.63, 3.8) is 0 Å². The third-order valence-electron chi connectivity index (χ3n) is 4.04. The Balaban J connectivity index is 1.60. The van der Waals surface area contributed by atoms with Gasteiger partial charge in [0.05, 0.1) is 18.4 Å². The van der Waals surface area contributed by atoms with Gasteiger partial charge in [0.15, 0.2) is 0 Å². The van der Waals surface area contributed by atoms with Crippen LogP contribution in [0.15, 0.2) is 18.7 Å². The molecule has 0 radical (unpaired) electrons. The number of carbonyl (C=O) groups is 1. The van der Waals surface area contributed by atoms with E-state index >= 15 is 0 Å². The van der Waals surface area contributed by atoms with Crippen molar-refractivity contribution in [2.45, 2.75) is 26.6 Å². The van der Waals surface area contributed by atoms with Gasteiger partial charge < -0.3 is 10.2 Å². The second kappa shape index (κ2) is 4.54. The summed E-state index contributed by atoms with van der Waals surface area (Å²) >= 11 is 0. The van der Waals surface area contributed by atoms with Crippen LogP contribution in [-0.2, 0) is 19.6 Å². The van der Waals surface area contributed by atoms with Gasteiger partial charge in [-0.2, -0.15) is 5.10 Å². The molecule has 0 aliphatic carbocycles. The topological polar surface area (TPSA) is 75.9 Å². The van der Waals surface area contributed by atoms with Crippen LogP contribution in [0.5, 0.6) is 0 Å². The van der Waals surface area contributed by atoms with Gasteiger partial charge in [0, 0.05) is 31.4 Å². The van der Waals surface area contributed by atoms with Gasteiger partial charge in [-0.05, 0) is 5.92 Å². The maximum atomic E-state index is 12.7. The number of nitrogens with one attached hydrogen (secondary N) is 1.